The fourth-order valence-corrected chi connectivity index (χ4v) is 1.33. The van der Waals surface area contributed by atoms with E-state index in [1.807, 2.05) is 6.92 Å². The van der Waals surface area contributed by atoms with Gasteiger partial charge in [0.05, 0.1) is 12.3 Å². The van der Waals surface area contributed by atoms with Crippen molar-refractivity contribution >= 4 is 5.97 Å². The van der Waals surface area contributed by atoms with E-state index >= 15 is 0 Å². The van der Waals surface area contributed by atoms with Gasteiger partial charge in [-0.1, -0.05) is 0 Å². The molecule has 88 valence electrons. The number of rotatable bonds is 5. The molecule has 5 heteroatoms. The molecule has 0 aromatic carbocycles. The largest absolute Gasteiger partial charge is 0.465 e. The molecule has 1 aromatic heterocycles. The van der Waals surface area contributed by atoms with Gasteiger partial charge in [0.25, 0.3) is 0 Å². The Bertz CT molecular complexity index is 329. The predicted octanol–water partition coefficient (Wildman–Crippen LogP) is 1.08. The predicted molar refractivity (Wildman–Crippen MR) is 59.7 cm³/mol. The molecule has 2 atom stereocenters. The fourth-order valence-electron chi connectivity index (χ4n) is 1.33. The van der Waals surface area contributed by atoms with Crippen molar-refractivity contribution in [1.82, 2.24) is 15.3 Å². The zero-order valence-electron chi connectivity index (χ0n) is 9.80. The van der Waals surface area contributed by atoms with Crippen molar-refractivity contribution in [2.24, 2.45) is 0 Å². The van der Waals surface area contributed by atoms with Crippen LogP contribution >= 0.6 is 0 Å². The minimum atomic E-state index is -0.350. The van der Waals surface area contributed by atoms with Gasteiger partial charge in [-0.15, -0.1) is 0 Å². The lowest BCUT2D eigenvalue weighted by atomic mass is 10.2. The number of carbonyl (C=O) groups excluding carboxylic acids is 1. The van der Waals surface area contributed by atoms with Crippen LogP contribution in [0.5, 0.6) is 0 Å². The first kappa shape index (κ1) is 12.6. The molecule has 0 saturated heterocycles. The van der Waals surface area contributed by atoms with Crippen molar-refractivity contribution in [2.75, 3.05) is 6.61 Å². The second-order valence-corrected chi connectivity index (χ2v) is 3.49. The highest BCUT2D eigenvalue weighted by atomic mass is 16.5. The van der Waals surface area contributed by atoms with Crippen LogP contribution in [0.4, 0.5) is 0 Å². The molecule has 1 N–H and O–H groups in total. The van der Waals surface area contributed by atoms with Crippen molar-refractivity contribution in [2.45, 2.75) is 32.9 Å². The molecule has 0 aliphatic carbocycles. The van der Waals surface area contributed by atoms with Crippen molar-refractivity contribution < 1.29 is 9.53 Å². The third kappa shape index (κ3) is 3.58. The summed E-state index contributed by atoms with van der Waals surface area (Å²) in [5.41, 5.74) is 0.804. The maximum atomic E-state index is 11.4. The molecule has 0 spiro atoms. The Morgan fingerprint density at radius 1 is 1.50 bits per heavy atom. The summed E-state index contributed by atoms with van der Waals surface area (Å²) in [5.74, 6) is -0.252. The van der Waals surface area contributed by atoms with Crippen LogP contribution in [-0.4, -0.2) is 28.6 Å². The van der Waals surface area contributed by atoms with Gasteiger partial charge in [-0.3, -0.25) is 20.1 Å². The van der Waals surface area contributed by atoms with Crippen LogP contribution in [-0.2, 0) is 9.53 Å². The first-order chi connectivity index (χ1) is 7.65. The average Bonchev–Trinajstić information content (AvgIpc) is 2.30. The number of nitrogens with zero attached hydrogens (tertiary/aromatic N) is 2. The minimum Gasteiger partial charge on any atom is -0.465 e. The van der Waals surface area contributed by atoms with Crippen LogP contribution in [0.3, 0.4) is 0 Å². The van der Waals surface area contributed by atoms with E-state index in [1.165, 1.54) is 0 Å². The number of hydrogen-bond acceptors (Lipinski definition) is 5. The first-order valence-corrected chi connectivity index (χ1v) is 5.33. The summed E-state index contributed by atoms with van der Waals surface area (Å²) in [5, 5.41) is 3.10. The zero-order valence-corrected chi connectivity index (χ0v) is 9.80. The smallest absolute Gasteiger partial charge is 0.322 e. The quantitative estimate of drug-likeness (QED) is 0.757. The highest BCUT2D eigenvalue weighted by molar-refractivity contribution is 5.75. The van der Waals surface area contributed by atoms with Crippen LogP contribution < -0.4 is 5.32 Å². The van der Waals surface area contributed by atoms with Crippen LogP contribution in [0.1, 0.15) is 32.5 Å². The van der Waals surface area contributed by atoms with Crippen molar-refractivity contribution in [1.29, 1.82) is 0 Å². The van der Waals surface area contributed by atoms with Crippen molar-refractivity contribution in [3.8, 4) is 0 Å². The Morgan fingerprint density at radius 3 is 2.81 bits per heavy atom. The van der Waals surface area contributed by atoms with Crippen LogP contribution in [0, 0.1) is 0 Å². The molecule has 5 nitrogen and oxygen atoms in total. The van der Waals surface area contributed by atoms with Crippen molar-refractivity contribution in [3.05, 3.63) is 24.3 Å². The molecule has 16 heavy (non-hydrogen) atoms. The second kappa shape index (κ2) is 6.17. The Hall–Kier alpha value is -1.49. The molecule has 2 unspecified atom stereocenters. The average molecular weight is 223 g/mol. The highest BCUT2D eigenvalue weighted by Crippen LogP contribution is 2.07. The standard InChI is InChI=1S/C11H17N3O2/c1-4-16-11(15)9(3)14-8(2)10-7-12-5-6-13-10/h5-9,14H,4H2,1-3H3. The van der Waals surface area contributed by atoms with E-state index in [2.05, 4.69) is 15.3 Å². The monoisotopic (exact) mass is 223 g/mol. The Morgan fingerprint density at radius 2 is 2.25 bits per heavy atom. The summed E-state index contributed by atoms with van der Waals surface area (Å²) in [7, 11) is 0. The van der Waals surface area contributed by atoms with Gasteiger partial charge in [-0.05, 0) is 20.8 Å². The van der Waals surface area contributed by atoms with Crippen LogP contribution in [0.25, 0.3) is 0 Å². The number of carbonyl (C=O) groups is 1. The lowest BCUT2D eigenvalue weighted by Crippen LogP contribution is -2.37. The molecule has 1 aromatic rings. The van der Waals surface area contributed by atoms with Gasteiger partial charge in [-0.2, -0.15) is 0 Å². The lowest BCUT2D eigenvalue weighted by molar-refractivity contribution is -0.145. The van der Waals surface area contributed by atoms with Gasteiger partial charge in [-0.25, -0.2) is 0 Å². The molecular weight excluding hydrogens is 206 g/mol. The number of nitrogens with one attached hydrogen (secondary N) is 1. The highest BCUT2D eigenvalue weighted by Gasteiger charge is 2.17. The Labute approximate surface area is 95.3 Å². The van der Waals surface area contributed by atoms with E-state index in [0.717, 1.165) is 5.69 Å². The van der Waals surface area contributed by atoms with Crippen molar-refractivity contribution in [3.63, 3.8) is 0 Å². The number of aromatic nitrogens is 2. The van der Waals surface area contributed by atoms with E-state index in [9.17, 15) is 4.79 Å². The van der Waals surface area contributed by atoms with Gasteiger partial charge in [0.15, 0.2) is 0 Å². The van der Waals surface area contributed by atoms with Gasteiger partial charge in [0.2, 0.25) is 0 Å². The van der Waals surface area contributed by atoms with Crippen LogP contribution in [0.2, 0.25) is 0 Å². The Kier molecular flexibility index (Phi) is 4.85. The molecular formula is C11H17N3O2. The van der Waals surface area contributed by atoms with Crippen LogP contribution in [0.15, 0.2) is 18.6 Å². The molecule has 0 aliphatic rings. The molecule has 0 fully saturated rings. The summed E-state index contributed by atoms with van der Waals surface area (Å²) in [6.45, 7) is 5.88. The van der Waals surface area contributed by atoms with E-state index in [0.29, 0.717) is 6.61 Å². The first-order valence-electron chi connectivity index (χ1n) is 5.33. The summed E-state index contributed by atoms with van der Waals surface area (Å²) in [6.07, 6.45) is 4.92. The van der Waals surface area contributed by atoms with E-state index in [-0.39, 0.29) is 18.1 Å². The molecule has 0 saturated carbocycles. The summed E-state index contributed by atoms with van der Waals surface area (Å²) in [6, 6.07) is -0.384. The molecule has 0 bridgehead atoms. The SMILES string of the molecule is CCOC(=O)C(C)NC(C)c1cnccn1. The van der Waals surface area contributed by atoms with Gasteiger partial charge < -0.3 is 4.74 Å². The maximum absolute atomic E-state index is 11.4. The summed E-state index contributed by atoms with van der Waals surface area (Å²) < 4.78 is 4.90. The minimum absolute atomic E-state index is 0.0342. The third-order valence-corrected chi connectivity index (χ3v) is 2.17. The summed E-state index contributed by atoms with van der Waals surface area (Å²) >= 11 is 0. The van der Waals surface area contributed by atoms with Gasteiger partial charge in [0.1, 0.15) is 6.04 Å². The van der Waals surface area contributed by atoms with E-state index < -0.39 is 0 Å². The summed E-state index contributed by atoms with van der Waals surface area (Å²) in [4.78, 5) is 19.5. The number of hydrogen-bond donors (Lipinski definition) is 1. The third-order valence-electron chi connectivity index (χ3n) is 2.17. The molecule has 1 rings (SSSR count). The Balaban J connectivity index is 2.51. The number of esters is 1. The number of ether oxygens (including phenoxy) is 1. The normalized spacial score (nSPS) is 14.2. The van der Waals surface area contributed by atoms with Gasteiger partial charge in [0, 0.05) is 24.6 Å². The molecule has 0 radical (unpaired) electrons. The lowest BCUT2D eigenvalue weighted by Gasteiger charge is -2.17. The second-order valence-electron chi connectivity index (χ2n) is 3.49. The van der Waals surface area contributed by atoms with E-state index in [1.54, 1.807) is 32.4 Å². The zero-order chi connectivity index (χ0) is 12.0. The topological polar surface area (TPSA) is 64.1 Å². The maximum Gasteiger partial charge on any atom is 0.322 e. The molecule has 1 heterocycles. The fraction of sp³-hybridized carbons (Fsp3) is 0.545. The molecule has 0 aliphatic heterocycles. The van der Waals surface area contributed by atoms with Gasteiger partial charge >= 0.3 is 5.97 Å². The van der Waals surface area contributed by atoms with E-state index in [4.69, 9.17) is 4.74 Å². The molecule has 0 amide bonds.